The monoisotopic (exact) mass is 153 g/mol. The third kappa shape index (κ3) is 2.20. The van der Waals surface area contributed by atoms with E-state index < -0.39 is 0 Å². The molecule has 0 N–H and O–H groups in total. The highest BCUT2D eigenvalue weighted by atomic mass is 16.7. The molecule has 1 amide bonds. The van der Waals surface area contributed by atoms with Gasteiger partial charge in [-0.3, -0.25) is 9.63 Å². The third-order valence-corrected chi connectivity index (χ3v) is 1.38. The number of nitrogens with zero attached hydrogens (tertiary/aromatic N) is 2. The van der Waals surface area contributed by atoms with Crippen molar-refractivity contribution in [1.82, 2.24) is 5.06 Å². The van der Waals surface area contributed by atoms with Crippen molar-refractivity contribution >= 4 is 5.91 Å². The lowest BCUT2D eigenvalue weighted by atomic mass is 10.3. The van der Waals surface area contributed by atoms with Gasteiger partial charge in [0.25, 0.3) is 5.91 Å². The number of carbonyl (C=O) groups excluding carboxylic acids is 1. The number of unbranched alkanes of at least 4 members (excludes halogenated alkanes) is 1. The summed E-state index contributed by atoms with van der Waals surface area (Å²) in [4.78, 5) is 15.8. The largest absolute Gasteiger partial charge is 0.272 e. The highest BCUT2D eigenvalue weighted by molar-refractivity contribution is 5.85. The SMILES string of the molecule is N#CCCCN1OC[CH]C1=O. The van der Waals surface area contributed by atoms with Crippen LogP contribution in [-0.4, -0.2) is 24.1 Å². The molecular formula is C7H9N2O2. The zero-order chi connectivity index (χ0) is 8.10. The van der Waals surface area contributed by atoms with Crippen LogP contribution < -0.4 is 0 Å². The van der Waals surface area contributed by atoms with Crippen molar-refractivity contribution in [2.24, 2.45) is 0 Å². The number of hydrogen-bond acceptors (Lipinski definition) is 3. The smallest absolute Gasteiger partial charge is 0.252 e. The van der Waals surface area contributed by atoms with Crippen LogP contribution in [0.2, 0.25) is 0 Å². The number of rotatable bonds is 3. The van der Waals surface area contributed by atoms with Crippen LogP contribution in [0.1, 0.15) is 12.8 Å². The maximum atomic E-state index is 10.8. The minimum absolute atomic E-state index is 0.0945. The summed E-state index contributed by atoms with van der Waals surface area (Å²) in [6.45, 7) is 0.883. The van der Waals surface area contributed by atoms with E-state index in [1.54, 1.807) is 0 Å². The fourth-order valence-electron chi connectivity index (χ4n) is 0.840. The Kier molecular flexibility index (Phi) is 2.87. The summed E-state index contributed by atoms with van der Waals surface area (Å²) in [5.74, 6) is -0.0945. The molecule has 11 heavy (non-hydrogen) atoms. The second-order valence-corrected chi connectivity index (χ2v) is 2.20. The fraction of sp³-hybridized carbons (Fsp3) is 0.571. The highest BCUT2D eigenvalue weighted by Gasteiger charge is 2.20. The number of hydrogen-bond donors (Lipinski definition) is 0. The zero-order valence-electron chi connectivity index (χ0n) is 6.12. The molecule has 0 aromatic rings. The van der Waals surface area contributed by atoms with Gasteiger partial charge in [-0.2, -0.15) is 5.26 Å². The summed E-state index contributed by atoms with van der Waals surface area (Å²) in [5.41, 5.74) is 0. The van der Waals surface area contributed by atoms with Gasteiger partial charge in [-0.1, -0.05) is 0 Å². The first-order valence-corrected chi connectivity index (χ1v) is 3.49. The summed E-state index contributed by atoms with van der Waals surface area (Å²) in [6.07, 6.45) is 2.62. The van der Waals surface area contributed by atoms with E-state index in [-0.39, 0.29) is 5.91 Å². The molecule has 4 nitrogen and oxygen atoms in total. The number of hydroxylamine groups is 2. The van der Waals surface area contributed by atoms with Crippen LogP contribution in [0.3, 0.4) is 0 Å². The van der Waals surface area contributed by atoms with E-state index in [2.05, 4.69) is 0 Å². The summed E-state index contributed by atoms with van der Waals surface area (Å²) in [7, 11) is 0. The van der Waals surface area contributed by atoms with Crippen LogP contribution in [0, 0.1) is 17.8 Å². The van der Waals surface area contributed by atoms with Crippen molar-refractivity contribution in [2.75, 3.05) is 13.2 Å². The van der Waals surface area contributed by atoms with Crippen molar-refractivity contribution in [3.05, 3.63) is 6.42 Å². The molecule has 0 unspecified atom stereocenters. The summed E-state index contributed by atoms with van der Waals surface area (Å²) in [6, 6.07) is 2.00. The Morgan fingerprint density at radius 3 is 3.18 bits per heavy atom. The first-order valence-electron chi connectivity index (χ1n) is 3.49. The van der Waals surface area contributed by atoms with Crippen LogP contribution in [0.15, 0.2) is 0 Å². The molecule has 0 aliphatic carbocycles. The molecule has 0 atom stereocenters. The van der Waals surface area contributed by atoms with Crippen molar-refractivity contribution in [3.63, 3.8) is 0 Å². The van der Waals surface area contributed by atoms with Gasteiger partial charge in [-0.15, -0.1) is 0 Å². The molecule has 1 radical (unpaired) electrons. The van der Waals surface area contributed by atoms with Gasteiger partial charge in [-0.25, -0.2) is 5.06 Å². The highest BCUT2D eigenvalue weighted by Crippen LogP contribution is 2.06. The molecule has 1 aliphatic heterocycles. The lowest BCUT2D eigenvalue weighted by Crippen LogP contribution is -2.24. The minimum Gasteiger partial charge on any atom is -0.272 e. The second kappa shape index (κ2) is 3.94. The van der Waals surface area contributed by atoms with Gasteiger partial charge in [0.1, 0.15) is 0 Å². The molecule has 0 saturated carbocycles. The van der Waals surface area contributed by atoms with Crippen molar-refractivity contribution < 1.29 is 9.63 Å². The molecular weight excluding hydrogens is 144 g/mol. The van der Waals surface area contributed by atoms with Crippen LogP contribution in [0.4, 0.5) is 0 Å². The summed E-state index contributed by atoms with van der Waals surface area (Å²) >= 11 is 0. The minimum atomic E-state index is -0.0945. The Hall–Kier alpha value is -1.08. The van der Waals surface area contributed by atoms with E-state index in [9.17, 15) is 4.79 Å². The average molecular weight is 153 g/mol. The molecule has 1 fully saturated rings. The van der Waals surface area contributed by atoms with Crippen LogP contribution in [0.25, 0.3) is 0 Å². The van der Waals surface area contributed by atoms with E-state index in [0.717, 1.165) is 0 Å². The Balaban J connectivity index is 2.16. The van der Waals surface area contributed by atoms with Gasteiger partial charge in [0, 0.05) is 13.0 Å². The van der Waals surface area contributed by atoms with Gasteiger partial charge < -0.3 is 0 Å². The summed E-state index contributed by atoms with van der Waals surface area (Å²) < 4.78 is 0. The third-order valence-electron chi connectivity index (χ3n) is 1.38. The standard InChI is InChI=1S/C7H9N2O2/c8-4-1-2-5-9-7(10)3-6-11-9/h3H,1-2,5-6H2. The van der Waals surface area contributed by atoms with Crippen molar-refractivity contribution in [2.45, 2.75) is 12.8 Å². The van der Waals surface area contributed by atoms with E-state index >= 15 is 0 Å². The Labute approximate surface area is 65.3 Å². The quantitative estimate of drug-likeness (QED) is 0.547. The van der Waals surface area contributed by atoms with E-state index in [1.807, 2.05) is 6.07 Å². The molecule has 4 heteroatoms. The van der Waals surface area contributed by atoms with E-state index in [1.165, 1.54) is 11.5 Å². The molecule has 1 aliphatic rings. The molecule has 0 aromatic heterocycles. The topological polar surface area (TPSA) is 53.3 Å². The Morgan fingerprint density at radius 1 is 1.82 bits per heavy atom. The maximum absolute atomic E-state index is 10.8. The fourth-order valence-corrected chi connectivity index (χ4v) is 0.840. The van der Waals surface area contributed by atoms with Crippen molar-refractivity contribution in [3.8, 4) is 6.07 Å². The van der Waals surface area contributed by atoms with Crippen molar-refractivity contribution in [1.29, 1.82) is 5.26 Å². The predicted molar refractivity (Wildman–Crippen MR) is 36.8 cm³/mol. The van der Waals surface area contributed by atoms with Gasteiger partial charge in [0.15, 0.2) is 0 Å². The lowest BCUT2D eigenvalue weighted by molar-refractivity contribution is -0.161. The predicted octanol–water partition coefficient (Wildman–Crippen LogP) is 0.268. The first kappa shape index (κ1) is 8.02. The lowest BCUT2D eigenvalue weighted by Gasteiger charge is -2.11. The Bertz CT molecular complexity index is 185. The normalized spacial score (nSPS) is 17.0. The van der Waals surface area contributed by atoms with E-state index in [0.29, 0.717) is 26.0 Å². The summed E-state index contributed by atoms with van der Waals surface area (Å²) in [5, 5.41) is 9.49. The van der Waals surface area contributed by atoms with Crippen LogP contribution in [-0.2, 0) is 9.63 Å². The number of amides is 1. The molecule has 1 saturated heterocycles. The van der Waals surface area contributed by atoms with Gasteiger partial charge in [0.2, 0.25) is 0 Å². The van der Waals surface area contributed by atoms with Gasteiger partial charge in [0.05, 0.1) is 19.1 Å². The number of carbonyl (C=O) groups is 1. The second-order valence-electron chi connectivity index (χ2n) is 2.20. The molecule has 0 bridgehead atoms. The van der Waals surface area contributed by atoms with Crippen LogP contribution in [0.5, 0.6) is 0 Å². The molecule has 0 spiro atoms. The maximum Gasteiger partial charge on any atom is 0.252 e. The average Bonchev–Trinajstić information content (AvgIpc) is 2.37. The van der Waals surface area contributed by atoms with E-state index in [4.69, 9.17) is 10.1 Å². The molecule has 1 heterocycles. The van der Waals surface area contributed by atoms with Crippen LogP contribution >= 0.6 is 0 Å². The Morgan fingerprint density at radius 2 is 2.64 bits per heavy atom. The first-order chi connectivity index (χ1) is 5.34. The molecule has 0 aromatic carbocycles. The zero-order valence-corrected chi connectivity index (χ0v) is 6.12. The molecule has 1 rings (SSSR count). The number of nitriles is 1. The molecule has 59 valence electrons. The van der Waals surface area contributed by atoms with Gasteiger partial charge >= 0.3 is 0 Å². The van der Waals surface area contributed by atoms with Gasteiger partial charge in [-0.05, 0) is 6.42 Å².